The molecule has 0 aromatic heterocycles. The summed E-state index contributed by atoms with van der Waals surface area (Å²) in [5.41, 5.74) is 1.36. The summed E-state index contributed by atoms with van der Waals surface area (Å²) in [6, 6.07) is 0. The van der Waals surface area contributed by atoms with Crippen molar-refractivity contribution >= 4 is 30.4 Å². The molecule has 9 heteroatoms. The summed E-state index contributed by atoms with van der Waals surface area (Å²) >= 11 is 6.15. The number of fused-ring (bicyclic) bond motifs is 10. The van der Waals surface area contributed by atoms with Gasteiger partial charge in [0, 0.05) is 12.8 Å². The minimum Gasteiger partial charge on any atom is -0.469 e. The van der Waals surface area contributed by atoms with E-state index in [1.807, 2.05) is 0 Å². The molecule has 66 heavy (non-hydrogen) atoms. The van der Waals surface area contributed by atoms with Gasteiger partial charge < -0.3 is 24.8 Å². The van der Waals surface area contributed by atoms with Crippen molar-refractivity contribution in [3.05, 3.63) is 0 Å². The summed E-state index contributed by atoms with van der Waals surface area (Å²) in [4.78, 5) is 23.3. The number of carbonyl (C=O) groups is 2. The van der Waals surface area contributed by atoms with Crippen molar-refractivity contribution in [3.8, 4) is 0 Å². The van der Waals surface area contributed by atoms with Crippen LogP contribution in [0, 0.1) is 98.6 Å². The van der Waals surface area contributed by atoms with Crippen LogP contribution in [0.5, 0.6) is 0 Å². The Labute approximate surface area is 409 Å². The van der Waals surface area contributed by atoms with E-state index >= 15 is 0 Å². The highest BCUT2D eigenvalue weighted by Crippen LogP contribution is 2.70. The summed E-state index contributed by atoms with van der Waals surface area (Å²) < 4.78 is 9.74. The third-order valence-electron chi connectivity index (χ3n) is 23.0. The molecule has 382 valence electrons. The van der Waals surface area contributed by atoms with Gasteiger partial charge in [0.05, 0.1) is 32.5 Å². The second-order valence-electron chi connectivity index (χ2n) is 27.3. The standard InChI is InChI=1S/C26H44O3.C25H42O4.C6H15ClSi/c1-16-10-12-25(3)18(14-16)15-22(27)24-20-8-7-19(17(2)6-9-23(28)29-5)26(20,4)13-11-21(24)25;1-15(5-8-22(28)29-4)18-6-7-19-23-20(10-12-25(18,19)3)24(2)11-9-17(26)13-16(24)14-21(23)27;1-6(2,3)8(4,5)7/h16-22,24,27H,6-15H2,1-5H3;15-21,23,26-27H,5-14H2,1-4H3;1-5H3/t16-,17-,18+,19-,20+,21+,22-,24+,25+,26-;15-,16+,17-,18-,19+,20+,21-,23+,24+,25-;/m11./s1. The van der Waals surface area contributed by atoms with Gasteiger partial charge in [-0.1, -0.05) is 88.8 Å². The minimum atomic E-state index is -1.39. The fourth-order valence-corrected chi connectivity index (χ4v) is 17.9. The summed E-state index contributed by atoms with van der Waals surface area (Å²) in [6.07, 6.45) is 21.5. The molecule has 20 atom stereocenters. The molecule has 8 rings (SSSR count). The van der Waals surface area contributed by atoms with E-state index in [9.17, 15) is 24.9 Å². The maximum absolute atomic E-state index is 11.7. The number of aliphatic hydroxyl groups excluding tert-OH is 3. The van der Waals surface area contributed by atoms with Gasteiger partial charge in [0.15, 0.2) is 7.38 Å². The van der Waals surface area contributed by atoms with Crippen LogP contribution in [0.1, 0.15) is 198 Å². The zero-order valence-corrected chi connectivity index (χ0v) is 46.5. The normalized spacial score (nSPS) is 45.8. The zero-order valence-electron chi connectivity index (χ0n) is 44.7. The van der Waals surface area contributed by atoms with E-state index in [0.717, 1.165) is 56.8 Å². The first-order valence-electron chi connectivity index (χ1n) is 27.5. The molecule has 0 spiro atoms. The second kappa shape index (κ2) is 20.8. The molecule has 0 aliphatic heterocycles. The molecule has 8 saturated carbocycles. The van der Waals surface area contributed by atoms with Gasteiger partial charge in [-0.3, -0.25) is 9.59 Å². The van der Waals surface area contributed by atoms with E-state index in [4.69, 9.17) is 20.6 Å². The maximum atomic E-state index is 11.7. The van der Waals surface area contributed by atoms with Crippen molar-refractivity contribution in [1.29, 1.82) is 0 Å². The average molecular weight is 962 g/mol. The van der Waals surface area contributed by atoms with Crippen molar-refractivity contribution in [2.24, 2.45) is 98.6 Å². The van der Waals surface area contributed by atoms with Crippen molar-refractivity contribution in [2.45, 2.75) is 234 Å². The predicted molar refractivity (Wildman–Crippen MR) is 272 cm³/mol. The van der Waals surface area contributed by atoms with Crippen LogP contribution in [-0.4, -0.2) is 67.2 Å². The molecule has 0 aromatic rings. The van der Waals surface area contributed by atoms with Gasteiger partial charge >= 0.3 is 11.9 Å². The van der Waals surface area contributed by atoms with Crippen LogP contribution >= 0.6 is 11.1 Å². The first-order valence-corrected chi connectivity index (χ1v) is 31.5. The van der Waals surface area contributed by atoms with E-state index in [1.165, 1.54) is 84.8 Å². The lowest BCUT2D eigenvalue weighted by Crippen LogP contribution is -2.58. The lowest BCUT2D eigenvalue weighted by Gasteiger charge is -2.62. The molecule has 8 aliphatic carbocycles. The van der Waals surface area contributed by atoms with Gasteiger partial charge in [0.25, 0.3) is 0 Å². The van der Waals surface area contributed by atoms with E-state index in [0.29, 0.717) is 99.2 Å². The van der Waals surface area contributed by atoms with Gasteiger partial charge in [-0.05, 0) is 213 Å². The van der Waals surface area contributed by atoms with Crippen LogP contribution in [0.15, 0.2) is 0 Å². The van der Waals surface area contributed by atoms with Crippen LogP contribution in [0.3, 0.4) is 0 Å². The maximum Gasteiger partial charge on any atom is 0.305 e. The monoisotopic (exact) mass is 961 g/mol. The van der Waals surface area contributed by atoms with Crippen LogP contribution in [0.4, 0.5) is 0 Å². The number of hydrogen-bond donors (Lipinski definition) is 3. The number of hydrogen-bond acceptors (Lipinski definition) is 7. The van der Waals surface area contributed by atoms with Crippen molar-refractivity contribution in [2.75, 3.05) is 14.2 Å². The Morgan fingerprint density at radius 3 is 1.36 bits per heavy atom. The largest absolute Gasteiger partial charge is 0.469 e. The first-order chi connectivity index (χ1) is 30.7. The molecule has 0 aromatic carbocycles. The molecule has 0 heterocycles. The topological polar surface area (TPSA) is 113 Å². The highest BCUT2D eigenvalue weighted by molar-refractivity contribution is 7.20. The summed E-state index contributed by atoms with van der Waals surface area (Å²) in [5.74, 6) is 7.77. The highest BCUT2D eigenvalue weighted by Gasteiger charge is 2.64. The number of aliphatic hydroxyl groups is 3. The van der Waals surface area contributed by atoms with Crippen molar-refractivity contribution in [3.63, 3.8) is 0 Å². The molecule has 3 N–H and O–H groups in total. The van der Waals surface area contributed by atoms with E-state index in [2.05, 4.69) is 82.3 Å². The lowest BCUT2D eigenvalue weighted by atomic mass is 9.43. The van der Waals surface area contributed by atoms with E-state index in [1.54, 1.807) is 0 Å². The minimum absolute atomic E-state index is 0.0755. The number of carbonyl (C=O) groups excluding carboxylic acids is 2. The van der Waals surface area contributed by atoms with Crippen molar-refractivity contribution < 1.29 is 34.4 Å². The Kier molecular flexibility index (Phi) is 17.2. The fraction of sp³-hybridized carbons (Fsp3) is 0.965. The van der Waals surface area contributed by atoms with Crippen molar-refractivity contribution in [1.82, 2.24) is 0 Å². The molecule has 7 nitrogen and oxygen atoms in total. The summed E-state index contributed by atoms with van der Waals surface area (Å²) in [7, 11) is 1.58. The average Bonchev–Trinajstić information content (AvgIpc) is 3.79. The number of ether oxygens (including phenoxy) is 2. The third-order valence-corrected chi connectivity index (χ3v) is 28.2. The Balaban J connectivity index is 0.000000188. The zero-order chi connectivity index (χ0) is 48.9. The van der Waals surface area contributed by atoms with Gasteiger partial charge in [0.1, 0.15) is 0 Å². The Bertz CT molecular complexity index is 1530. The number of esters is 2. The third kappa shape index (κ3) is 10.6. The molecule has 0 radical (unpaired) electrons. The highest BCUT2D eigenvalue weighted by atomic mass is 35.6. The molecule has 0 bridgehead atoms. The fourth-order valence-electron chi connectivity index (χ4n) is 17.9. The Morgan fingerprint density at radius 1 is 0.606 bits per heavy atom. The lowest BCUT2D eigenvalue weighted by molar-refractivity contribution is -0.174. The van der Waals surface area contributed by atoms with E-state index in [-0.39, 0.29) is 35.7 Å². The Hall–Kier alpha value is -0.673. The molecular weight excluding hydrogens is 860 g/mol. The van der Waals surface area contributed by atoms with Gasteiger partial charge in [-0.25, -0.2) is 0 Å². The SMILES string of the molecule is CC(C)(C)[Si](C)(C)Cl.COC(=O)CC[C@@H](C)[C@H]1CC[C@H]2[C@@H]3[C@H](O)C[C@@H]4C[C@H](C)CC[C@]4(C)[C@H]3CC[C@]12C.COC(=O)CC[C@@H](C)[C@H]1CC[C@H]2[C@@H]3[C@H](O)C[C@@H]4C[C@H](O)CC[C@]4(C)[C@H]3CC[C@]12C. The number of halogens is 1. The van der Waals surface area contributed by atoms with Crippen LogP contribution < -0.4 is 0 Å². The van der Waals surface area contributed by atoms with Crippen LogP contribution in [0.2, 0.25) is 18.1 Å². The van der Waals surface area contributed by atoms with Crippen LogP contribution in [0.25, 0.3) is 0 Å². The molecule has 0 amide bonds. The molecule has 0 saturated heterocycles. The van der Waals surface area contributed by atoms with Gasteiger partial charge in [-0.15, -0.1) is 0 Å². The second-order valence-corrected chi connectivity index (χ2v) is 34.5. The molecule has 8 aliphatic rings. The molecule has 8 fully saturated rings. The predicted octanol–water partition coefficient (Wildman–Crippen LogP) is 13.6. The quantitative estimate of drug-likeness (QED) is 0.126. The van der Waals surface area contributed by atoms with E-state index < -0.39 is 7.38 Å². The first kappa shape index (κ1) is 54.7. The summed E-state index contributed by atoms with van der Waals surface area (Å²) in [5, 5.41) is 33.2. The number of methoxy groups -OCH3 is 2. The summed E-state index contributed by atoms with van der Waals surface area (Å²) in [6.45, 7) is 28.1. The van der Waals surface area contributed by atoms with Gasteiger partial charge in [-0.2, -0.15) is 11.1 Å². The number of rotatable bonds is 8. The van der Waals surface area contributed by atoms with Gasteiger partial charge in [0.2, 0.25) is 0 Å². The Morgan fingerprint density at radius 2 is 0.970 bits per heavy atom. The van der Waals surface area contributed by atoms with Crippen LogP contribution in [-0.2, 0) is 19.1 Å². The smallest absolute Gasteiger partial charge is 0.305 e. The molecule has 0 unspecified atom stereocenters. The molecular formula is C57H101ClO7Si.